The molecule has 1 fully saturated rings. The van der Waals surface area contributed by atoms with Crippen molar-refractivity contribution in [3.8, 4) is 0 Å². The van der Waals surface area contributed by atoms with E-state index in [0.717, 1.165) is 48.1 Å². The molecule has 2 atom stereocenters. The number of thiophene rings is 1. The van der Waals surface area contributed by atoms with E-state index in [2.05, 4.69) is 13.8 Å². The Morgan fingerprint density at radius 1 is 1.12 bits per heavy atom. The quantitative estimate of drug-likeness (QED) is 0.381. The van der Waals surface area contributed by atoms with Crippen LogP contribution in [-0.2, 0) is 24.2 Å². The number of hydrogen-bond donors (Lipinski definition) is 0. The minimum absolute atomic E-state index is 0.0402. The fraction of sp³-hybridized carbons (Fsp3) is 0.500. The Labute approximate surface area is 203 Å². The summed E-state index contributed by atoms with van der Waals surface area (Å²) in [5, 5.41) is 1.46. The SMILES string of the molecule is CC1CC(C)CN(C(=O)CSc2nc3sc4c(c3c(=O)n2Cc2ccccc2)CCCC4)C1. The van der Waals surface area contributed by atoms with Crippen LogP contribution in [0.25, 0.3) is 10.2 Å². The molecule has 1 saturated heterocycles. The van der Waals surface area contributed by atoms with Gasteiger partial charge in [0.15, 0.2) is 5.16 Å². The third-order valence-electron chi connectivity index (χ3n) is 6.77. The van der Waals surface area contributed by atoms with Crippen molar-refractivity contribution in [2.75, 3.05) is 18.8 Å². The Morgan fingerprint density at radius 2 is 1.85 bits per heavy atom. The molecule has 1 amide bonds. The molecular formula is C26H31N3O2S2. The second-order valence-electron chi connectivity index (χ2n) is 9.70. The number of fused-ring (bicyclic) bond motifs is 3. The van der Waals surface area contributed by atoms with Crippen molar-refractivity contribution in [2.24, 2.45) is 11.8 Å². The van der Waals surface area contributed by atoms with Gasteiger partial charge in [0.2, 0.25) is 5.91 Å². The van der Waals surface area contributed by atoms with Crippen LogP contribution in [0.2, 0.25) is 0 Å². The van der Waals surface area contributed by atoms with Crippen LogP contribution in [0.1, 0.15) is 49.1 Å². The fourth-order valence-corrected chi connectivity index (χ4v) is 7.52. The highest BCUT2D eigenvalue weighted by Gasteiger charge is 2.27. The molecule has 0 N–H and O–H groups in total. The first-order chi connectivity index (χ1) is 16.0. The third-order valence-corrected chi connectivity index (χ3v) is 8.92. The lowest BCUT2D eigenvalue weighted by Crippen LogP contribution is -2.43. The highest BCUT2D eigenvalue weighted by atomic mass is 32.2. The number of carbonyl (C=O) groups is 1. The Morgan fingerprint density at radius 3 is 2.61 bits per heavy atom. The van der Waals surface area contributed by atoms with Crippen molar-refractivity contribution in [1.29, 1.82) is 0 Å². The minimum Gasteiger partial charge on any atom is -0.341 e. The number of carbonyl (C=O) groups excluding carboxylic acids is 1. The van der Waals surface area contributed by atoms with Crippen LogP contribution in [0.3, 0.4) is 0 Å². The van der Waals surface area contributed by atoms with Crippen LogP contribution in [0.15, 0.2) is 40.3 Å². The first kappa shape index (κ1) is 22.7. The molecule has 1 aliphatic heterocycles. The Hall–Kier alpha value is -2.12. The second-order valence-corrected chi connectivity index (χ2v) is 11.7. The van der Waals surface area contributed by atoms with Crippen LogP contribution in [0.5, 0.6) is 0 Å². The number of nitrogens with zero attached hydrogens (tertiary/aromatic N) is 3. The van der Waals surface area contributed by atoms with Gasteiger partial charge in [-0.05, 0) is 55.1 Å². The normalized spacial score (nSPS) is 20.7. The van der Waals surface area contributed by atoms with Crippen molar-refractivity contribution in [1.82, 2.24) is 14.5 Å². The van der Waals surface area contributed by atoms with E-state index in [4.69, 9.17) is 4.98 Å². The van der Waals surface area contributed by atoms with Crippen LogP contribution < -0.4 is 5.56 Å². The van der Waals surface area contributed by atoms with E-state index in [9.17, 15) is 9.59 Å². The van der Waals surface area contributed by atoms with Gasteiger partial charge in [0.25, 0.3) is 5.56 Å². The lowest BCUT2D eigenvalue weighted by Gasteiger charge is -2.35. The minimum atomic E-state index is 0.0402. The molecule has 2 unspecified atom stereocenters. The Kier molecular flexibility index (Phi) is 6.61. The van der Waals surface area contributed by atoms with E-state index in [0.29, 0.717) is 29.3 Å². The van der Waals surface area contributed by atoms with E-state index in [1.807, 2.05) is 35.2 Å². The number of aromatic nitrogens is 2. The molecule has 2 aliphatic rings. The average Bonchev–Trinajstić information content (AvgIpc) is 3.18. The summed E-state index contributed by atoms with van der Waals surface area (Å²) in [6.45, 7) is 6.56. The molecule has 0 radical (unpaired) electrons. The molecule has 3 heterocycles. The van der Waals surface area contributed by atoms with E-state index < -0.39 is 0 Å². The number of rotatable bonds is 5. The van der Waals surface area contributed by atoms with Crippen LogP contribution in [-0.4, -0.2) is 39.2 Å². The van der Waals surface area contributed by atoms with Gasteiger partial charge >= 0.3 is 0 Å². The summed E-state index contributed by atoms with van der Waals surface area (Å²) in [7, 11) is 0. The molecule has 2 aromatic heterocycles. The van der Waals surface area contributed by atoms with Gasteiger partial charge in [-0.25, -0.2) is 4.98 Å². The molecule has 7 heteroatoms. The van der Waals surface area contributed by atoms with Gasteiger partial charge in [0, 0.05) is 18.0 Å². The van der Waals surface area contributed by atoms with E-state index in [-0.39, 0.29) is 11.5 Å². The largest absolute Gasteiger partial charge is 0.341 e. The second kappa shape index (κ2) is 9.63. The maximum absolute atomic E-state index is 13.7. The molecule has 5 rings (SSSR count). The Balaban J connectivity index is 1.48. The van der Waals surface area contributed by atoms with Gasteiger partial charge in [0.05, 0.1) is 17.7 Å². The number of thioether (sulfide) groups is 1. The molecule has 174 valence electrons. The molecule has 3 aromatic rings. The maximum Gasteiger partial charge on any atom is 0.263 e. The summed E-state index contributed by atoms with van der Waals surface area (Å²) < 4.78 is 1.79. The molecule has 0 bridgehead atoms. The van der Waals surface area contributed by atoms with Gasteiger partial charge in [0.1, 0.15) is 4.83 Å². The predicted molar refractivity (Wildman–Crippen MR) is 136 cm³/mol. The third kappa shape index (κ3) is 4.76. The molecular weight excluding hydrogens is 450 g/mol. The summed E-state index contributed by atoms with van der Waals surface area (Å²) in [6, 6.07) is 10.0. The average molecular weight is 482 g/mol. The zero-order chi connectivity index (χ0) is 22.9. The first-order valence-corrected chi connectivity index (χ1v) is 13.8. The monoisotopic (exact) mass is 481 g/mol. The van der Waals surface area contributed by atoms with Crippen molar-refractivity contribution < 1.29 is 4.79 Å². The fourth-order valence-electron chi connectivity index (χ4n) is 5.32. The maximum atomic E-state index is 13.7. The molecule has 5 nitrogen and oxygen atoms in total. The van der Waals surface area contributed by atoms with Crippen molar-refractivity contribution >= 4 is 39.2 Å². The van der Waals surface area contributed by atoms with E-state index in [1.165, 1.54) is 35.0 Å². The zero-order valence-electron chi connectivity index (χ0n) is 19.4. The number of benzene rings is 1. The molecule has 33 heavy (non-hydrogen) atoms. The molecule has 1 aliphatic carbocycles. The van der Waals surface area contributed by atoms with Gasteiger partial charge in [-0.2, -0.15) is 0 Å². The molecule has 0 saturated carbocycles. The number of aryl methyl sites for hydroxylation is 2. The lowest BCUT2D eigenvalue weighted by atomic mass is 9.92. The smallest absolute Gasteiger partial charge is 0.263 e. The van der Waals surface area contributed by atoms with Crippen LogP contribution in [0.4, 0.5) is 0 Å². The standard InChI is InChI=1S/C26H31N3O2S2/c1-17-12-18(2)14-28(13-17)22(30)16-32-26-27-24-23(20-10-6-7-11-21(20)33-24)25(31)29(26)15-19-8-4-3-5-9-19/h3-5,8-9,17-18H,6-7,10-16H2,1-2H3. The van der Waals surface area contributed by atoms with Gasteiger partial charge in [-0.1, -0.05) is 55.9 Å². The molecule has 1 aromatic carbocycles. The Bertz CT molecular complexity index is 1210. The zero-order valence-corrected chi connectivity index (χ0v) is 21.0. The summed E-state index contributed by atoms with van der Waals surface area (Å²) in [6.07, 6.45) is 5.50. The van der Waals surface area contributed by atoms with E-state index in [1.54, 1.807) is 15.9 Å². The summed E-state index contributed by atoms with van der Waals surface area (Å²) in [5.41, 5.74) is 2.32. The highest BCUT2D eigenvalue weighted by molar-refractivity contribution is 7.99. The summed E-state index contributed by atoms with van der Waals surface area (Å²) >= 11 is 3.09. The van der Waals surface area contributed by atoms with E-state index >= 15 is 0 Å². The van der Waals surface area contributed by atoms with Crippen LogP contribution >= 0.6 is 23.1 Å². The van der Waals surface area contributed by atoms with Gasteiger partial charge in [-0.15, -0.1) is 11.3 Å². The number of amides is 1. The summed E-state index contributed by atoms with van der Waals surface area (Å²) in [5.74, 6) is 1.53. The lowest BCUT2D eigenvalue weighted by molar-refractivity contribution is -0.130. The number of likely N-dealkylation sites (tertiary alicyclic amines) is 1. The number of piperidine rings is 1. The molecule has 0 spiro atoms. The number of hydrogen-bond acceptors (Lipinski definition) is 5. The summed E-state index contributed by atoms with van der Waals surface area (Å²) in [4.78, 5) is 35.9. The van der Waals surface area contributed by atoms with Crippen molar-refractivity contribution in [2.45, 2.75) is 57.7 Å². The highest BCUT2D eigenvalue weighted by Crippen LogP contribution is 2.35. The van der Waals surface area contributed by atoms with Gasteiger partial charge < -0.3 is 4.90 Å². The van der Waals surface area contributed by atoms with Gasteiger partial charge in [-0.3, -0.25) is 14.2 Å². The van der Waals surface area contributed by atoms with Crippen molar-refractivity contribution in [3.63, 3.8) is 0 Å². The van der Waals surface area contributed by atoms with Crippen molar-refractivity contribution in [3.05, 3.63) is 56.7 Å². The topological polar surface area (TPSA) is 55.2 Å². The predicted octanol–water partition coefficient (Wildman–Crippen LogP) is 4.98. The first-order valence-electron chi connectivity index (χ1n) is 12.0. The van der Waals surface area contributed by atoms with Crippen LogP contribution in [0, 0.1) is 11.8 Å².